The normalized spacial score (nSPS) is 11.9. The van der Waals surface area contributed by atoms with Gasteiger partial charge in [-0.3, -0.25) is 10.1 Å². The fourth-order valence-corrected chi connectivity index (χ4v) is 1.60. The summed E-state index contributed by atoms with van der Waals surface area (Å²) in [5.41, 5.74) is 2.19. The average Bonchev–Trinajstić information content (AvgIpc) is 2.14. The number of nitro groups is 1. The molecule has 1 atom stereocenters. The van der Waals surface area contributed by atoms with Gasteiger partial charge in [0.2, 0.25) is 0 Å². The molecule has 15 heavy (non-hydrogen) atoms. The Kier molecular flexibility index (Phi) is 3.05. The van der Waals surface area contributed by atoms with Crippen LogP contribution in [0.4, 0.5) is 5.69 Å². The van der Waals surface area contributed by atoms with Gasteiger partial charge in [0.05, 0.1) is 16.9 Å². The van der Waals surface area contributed by atoms with Crippen molar-refractivity contribution in [3.63, 3.8) is 0 Å². The van der Waals surface area contributed by atoms with E-state index in [1.807, 2.05) is 0 Å². The van der Waals surface area contributed by atoms with Gasteiger partial charge in [-0.15, -0.1) is 0 Å². The summed E-state index contributed by atoms with van der Waals surface area (Å²) in [5.74, 6) is -0.233. The minimum atomic E-state index is -0.383. The Morgan fingerprint density at radius 2 is 1.87 bits per heavy atom. The van der Waals surface area contributed by atoms with Crippen LogP contribution in [0.2, 0.25) is 0 Å². The van der Waals surface area contributed by atoms with Crippen molar-refractivity contribution in [2.24, 2.45) is 0 Å². The molecule has 78 valence electrons. The lowest BCUT2D eigenvalue weighted by atomic mass is 9.97. The number of nitro benzene ring substituents is 1. The molecule has 0 spiro atoms. The molecule has 1 aromatic rings. The molecule has 0 aliphatic heterocycles. The van der Waals surface area contributed by atoms with E-state index in [-0.39, 0.29) is 16.5 Å². The first-order chi connectivity index (χ1) is 6.97. The molecular formula is C11H12N2O2. The third-order valence-electron chi connectivity index (χ3n) is 2.39. The zero-order valence-corrected chi connectivity index (χ0v) is 8.94. The minimum Gasteiger partial charge on any atom is -0.258 e. The lowest BCUT2D eigenvalue weighted by Crippen LogP contribution is -1.98. The first-order valence-corrected chi connectivity index (χ1v) is 4.62. The van der Waals surface area contributed by atoms with Gasteiger partial charge in [-0.1, -0.05) is 0 Å². The average molecular weight is 204 g/mol. The zero-order valence-electron chi connectivity index (χ0n) is 8.94. The summed E-state index contributed by atoms with van der Waals surface area (Å²) in [5, 5.41) is 19.5. The molecule has 1 aromatic carbocycles. The molecule has 0 aromatic heterocycles. The first-order valence-electron chi connectivity index (χ1n) is 4.62. The summed E-state index contributed by atoms with van der Waals surface area (Å²) in [6, 6.07) is 5.53. The monoisotopic (exact) mass is 204 g/mol. The Bertz CT molecular complexity index is 423. The Morgan fingerprint density at radius 1 is 1.40 bits per heavy atom. The Balaban J connectivity index is 3.33. The van der Waals surface area contributed by atoms with Gasteiger partial charge < -0.3 is 0 Å². The predicted octanol–water partition coefficient (Wildman–Crippen LogP) is 2.84. The Hall–Kier alpha value is -1.89. The summed E-state index contributed by atoms with van der Waals surface area (Å²) in [6.45, 7) is 5.16. The van der Waals surface area contributed by atoms with E-state index < -0.39 is 0 Å². The van der Waals surface area contributed by atoms with E-state index in [0.717, 1.165) is 5.56 Å². The Labute approximate surface area is 88.3 Å². The summed E-state index contributed by atoms with van der Waals surface area (Å²) < 4.78 is 0. The van der Waals surface area contributed by atoms with Gasteiger partial charge in [0.25, 0.3) is 5.69 Å². The third kappa shape index (κ3) is 2.13. The van der Waals surface area contributed by atoms with Gasteiger partial charge in [-0.25, -0.2) is 0 Å². The van der Waals surface area contributed by atoms with E-state index >= 15 is 0 Å². The highest BCUT2D eigenvalue weighted by Crippen LogP contribution is 2.27. The number of benzene rings is 1. The quantitative estimate of drug-likeness (QED) is 0.549. The molecular weight excluding hydrogens is 192 g/mol. The van der Waals surface area contributed by atoms with Crippen LogP contribution in [0.3, 0.4) is 0 Å². The largest absolute Gasteiger partial charge is 0.275 e. The summed E-state index contributed by atoms with van der Waals surface area (Å²) >= 11 is 0. The lowest BCUT2D eigenvalue weighted by molar-refractivity contribution is -0.386. The number of hydrogen-bond donors (Lipinski definition) is 0. The van der Waals surface area contributed by atoms with Crippen molar-refractivity contribution in [3.8, 4) is 6.07 Å². The maximum absolute atomic E-state index is 10.7. The van der Waals surface area contributed by atoms with Crippen molar-refractivity contribution in [1.82, 2.24) is 0 Å². The summed E-state index contributed by atoms with van der Waals surface area (Å²) in [6.07, 6.45) is 0. The fraction of sp³-hybridized carbons (Fsp3) is 0.364. The fourth-order valence-electron chi connectivity index (χ4n) is 1.60. The van der Waals surface area contributed by atoms with Crippen LogP contribution in [0.25, 0.3) is 0 Å². The van der Waals surface area contributed by atoms with Crippen LogP contribution in [0.15, 0.2) is 12.1 Å². The highest BCUT2D eigenvalue weighted by molar-refractivity contribution is 5.50. The van der Waals surface area contributed by atoms with Gasteiger partial charge in [0.1, 0.15) is 0 Å². The summed E-state index contributed by atoms with van der Waals surface area (Å²) in [7, 11) is 0. The zero-order chi connectivity index (χ0) is 11.6. The molecule has 0 heterocycles. The van der Waals surface area contributed by atoms with Crippen molar-refractivity contribution in [3.05, 3.63) is 38.9 Å². The molecule has 4 nitrogen and oxygen atoms in total. The maximum atomic E-state index is 10.7. The SMILES string of the molecule is Cc1cc(C(C)C#N)cc(C)c1[N+](=O)[O-]. The van der Waals surface area contributed by atoms with Crippen molar-refractivity contribution in [2.75, 3.05) is 0 Å². The number of aryl methyl sites for hydroxylation is 2. The predicted molar refractivity (Wildman–Crippen MR) is 56.6 cm³/mol. The molecule has 1 rings (SSSR count). The highest BCUT2D eigenvalue weighted by atomic mass is 16.6. The van der Waals surface area contributed by atoms with Crippen molar-refractivity contribution in [2.45, 2.75) is 26.7 Å². The smallest absolute Gasteiger partial charge is 0.258 e. The molecule has 0 saturated carbocycles. The van der Waals surface area contributed by atoms with E-state index in [9.17, 15) is 10.1 Å². The molecule has 0 radical (unpaired) electrons. The molecule has 4 heteroatoms. The minimum absolute atomic E-state index is 0.142. The second-order valence-corrected chi connectivity index (χ2v) is 3.61. The number of hydrogen-bond acceptors (Lipinski definition) is 3. The first kappa shape index (κ1) is 11.2. The molecule has 0 fully saturated rings. The topological polar surface area (TPSA) is 66.9 Å². The third-order valence-corrected chi connectivity index (χ3v) is 2.39. The van der Waals surface area contributed by atoms with E-state index in [1.165, 1.54) is 0 Å². The molecule has 1 unspecified atom stereocenters. The maximum Gasteiger partial charge on any atom is 0.275 e. The summed E-state index contributed by atoms with van der Waals surface area (Å²) in [4.78, 5) is 10.4. The second kappa shape index (κ2) is 4.09. The van der Waals surface area contributed by atoms with Crippen LogP contribution in [0, 0.1) is 35.3 Å². The molecule has 0 saturated heterocycles. The van der Waals surface area contributed by atoms with E-state index in [4.69, 9.17) is 5.26 Å². The van der Waals surface area contributed by atoms with Crippen LogP contribution >= 0.6 is 0 Å². The van der Waals surface area contributed by atoms with Crippen molar-refractivity contribution >= 4 is 5.69 Å². The van der Waals surface area contributed by atoms with Crippen molar-refractivity contribution < 1.29 is 4.92 Å². The van der Waals surface area contributed by atoms with Crippen LogP contribution in [0.1, 0.15) is 29.5 Å². The van der Waals surface area contributed by atoms with Crippen LogP contribution in [0.5, 0.6) is 0 Å². The van der Waals surface area contributed by atoms with E-state index in [0.29, 0.717) is 11.1 Å². The molecule has 0 N–H and O–H groups in total. The van der Waals surface area contributed by atoms with E-state index in [2.05, 4.69) is 6.07 Å². The van der Waals surface area contributed by atoms with Crippen LogP contribution < -0.4 is 0 Å². The number of nitriles is 1. The second-order valence-electron chi connectivity index (χ2n) is 3.61. The number of nitrogens with zero attached hydrogens (tertiary/aromatic N) is 2. The van der Waals surface area contributed by atoms with Crippen LogP contribution in [-0.4, -0.2) is 4.92 Å². The molecule has 0 bridgehead atoms. The van der Waals surface area contributed by atoms with Gasteiger partial charge in [0.15, 0.2) is 0 Å². The van der Waals surface area contributed by atoms with E-state index in [1.54, 1.807) is 32.9 Å². The molecule has 0 amide bonds. The molecule has 0 aliphatic carbocycles. The highest BCUT2D eigenvalue weighted by Gasteiger charge is 2.17. The standard InChI is InChI=1S/C11H12N2O2/c1-7-4-10(9(3)6-12)5-8(2)11(7)13(14)15/h4-5,9H,1-3H3. The Morgan fingerprint density at radius 3 is 2.20 bits per heavy atom. The lowest BCUT2D eigenvalue weighted by Gasteiger charge is -2.07. The van der Waals surface area contributed by atoms with Crippen LogP contribution in [-0.2, 0) is 0 Å². The van der Waals surface area contributed by atoms with Gasteiger partial charge in [-0.2, -0.15) is 5.26 Å². The van der Waals surface area contributed by atoms with Gasteiger partial charge in [0, 0.05) is 11.1 Å². The van der Waals surface area contributed by atoms with Crippen molar-refractivity contribution in [1.29, 1.82) is 5.26 Å². The number of rotatable bonds is 2. The van der Waals surface area contributed by atoms with Gasteiger partial charge in [-0.05, 0) is 38.5 Å². The van der Waals surface area contributed by atoms with Gasteiger partial charge >= 0.3 is 0 Å². The molecule has 0 aliphatic rings.